The number of carbonyl (C=O) groups is 1. The number of hydrogen-bond acceptors (Lipinski definition) is 4. The zero-order valence-corrected chi connectivity index (χ0v) is 10.3. The maximum Gasteiger partial charge on any atom is 0.315 e. The van der Waals surface area contributed by atoms with Gasteiger partial charge in [-0.1, -0.05) is 6.07 Å². The normalized spacial score (nSPS) is 18.7. The summed E-state index contributed by atoms with van der Waals surface area (Å²) < 4.78 is 0. The predicted molar refractivity (Wildman–Crippen MR) is 70.4 cm³/mol. The van der Waals surface area contributed by atoms with E-state index in [1.165, 1.54) is 0 Å². The first-order valence-corrected chi connectivity index (χ1v) is 6.20. The van der Waals surface area contributed by atoms with E-state index in [-0.39, 0.29) is 12.1 Å². The van der Waals surface area contributed by atoms with Gasteiger partial charge in [-0.15, -0.1) is 0 Å². The number of hydrogen-bond donors (Lipinski definition) is 3. The molecule has 1 saturated heterocycles. The summed E-state index contributed by atoms with van der Waals surface area (Å²) in [5.41, 5.74) is 5.32. The van der Waals surface area contributed by atoms with Crippen LogP contribution in [0.15, 0.2) is 24.4 Å². The first-order chi connectivity index (χ1) is 8.79. The Morgan fingerprint density at radius 1 is 1.56 bits per heavy atom. The van der Waals surface area contributed by atoms with Crippen LogP contribution in [0.25, 0.3) is 0 Å². The van der Waals surface area contributed by atoms with Gasteiger partial charge in [0.25, 0.3) is 0 Å². The second-order valence-corrected chi connectivity index (χ2v) is 4.31. The molecule has 2 amide bonds. The van der Waals surface area contributed by atoms with E-state index in [2.05, 4.69) is 20.5 Å². The molecular formula is C12H19N5O. The first kappa shape index (κ1) is 12.6. The quantitative estimate of drug-likeness (QED) is 0.697. The smallest absolute Gasteiger partial charge is 0.315 e. The standard InChI is InChI=1S/C12H19N5O/c13-5-7-15-12(18)16-10-4-8-17(9-10)11-3-1-2-6-14-11/h1-3,6,10H,4-5,7-9,13H2,(H2,15,16,18)/t10-/m1/s1. The second-order valence-electron chi connectivity index (χ2n) is 4.31. The SMILES string of the molecule is NCCNC(=O)N[C@@H]1CCN(c2ccccn2)C1. The van der Waals surface area contributed by atoms with Crippen molar-refractivity contribution in [2.75, 3.05) is 31.1 Å². The zero-order valence-electron chi connectivity index (χ0n) is 10.3. The molecule has 0 aromatic carbocycles. The van der Waals surface area contributed by atoms with Gasteiger partial charge in [0, 0.05) is 38.4 Å². The van der Waals surface area contributed by atoms with Crippen LogP contribution in [0.5, 0.6) is 0 Å². The molecule has 0 aliphatic carbocycles. The van der Waals surface area contributed by atoms with Crippen molar-refractivity contribution in [2.45, 2.75) is 12.5 Å². The van der Waals surface area contributed by atoms with Crippen LogP contribution in [0.4, 0.5) is 10.6 Å². The monoisotopic (exact) mass is 249 g/mol. The molecule has 4 N–H and O–H groups in total. The van der Waals surface area contributed by atoms with E-state index < -0.39 is 0 Å². The van der Waals surface area contributed by atoms with Gasteiger partial charge in [0.2, 0.25) is 0 Å². The van der Waals surface area contributed by atoms with Crippen LogP contribution in [0.3, 0.4) is 0 Å². The number of nitrogens with zero attached hydrogens (tertiary/aromatic N) is 2. The van der Waals surface area contributed by atoms with Gasteiger partial charge in [0.15, 0.2) is 0 Å². The fourth-order valence-electron chi connectivity index (χ4n) is 2.05. The molecule has 1 fully saturated rings. The van der Waals surface area contributed by atoms with Gasteiger partial charge in [-0.2, -0.15) is 0 Å². The van der Waals surface area contributed by atoms with Crippen LogP contribution in [-0.4, -0.2) is 43.2 Å². The summed E-state index contributed by atoms with van der Waals surface area (Å²) in [6.07, 6.45) is 2.72. The molecule has 1 aromatic heterocycles. The Balaban J connectivity index is 1.80. The van der Waals surface area contributed by atoms with Crippen molar-refractivity contribution in [1.29, 1.82) is 0 Å². The summed E-state index contributed by atoms with van der Waals surface area (Å²) in [6.45, 7) is 2.67. The molecule has 2 rings (SSSR count). The largest absolute Gasteiger partial charge is 0.354 e. The topological polar surface area (TPSA) is 83.3 Å². The minimum Gasteiger partial charge on any atom is -0.354 e. The van der Waals surface area contributed by atoms with E-state index in [0.717, 1.165) is 25.3 Å². The molecule has 6 heteroatoms. The highest BCUT2D eigenvalue weighted by atomic mass is 16.2. The number of nitrogens with one attached hydrogen (secondary N) is 2. The Morgan fingerprint density at radius 3 is 3.17 bits per heavy atom. The lowest BCUT2D eigenvalue weighted by molar-refractivity contribution is 0.238. The molecule has 0 spiro atoms. The van der Waals surface area contributed by atoms with Gasteiger partial charge in [-0.25, -0.2) is 9.78 Å². The van der Waals surface area contributed by atoms with Crippen molar-refractivity contribution in [2.24, 2.45) is 5.73 Å². The van der Waals surface area contributed by atoms with E-state index in [0.29, 0.717) is 13.1 Å². The zero-order chi connectivity index (χ0) is 12.8. The van der Waals surface area contributed by atoms with E-state index in [1.54, 1.807) is 6.20 Å². The van der Waals surface area contributed by atoms with Gasteiger partial charge in [-0.3, -0.25) is 0 Å². The molecular weight excluding hydrogens is 230 g/mol. The highest BCUT2D eigenvalue weighted by Crippen LogP contribution is 2.16. The van der Waals surface area contributed by atoms with Gasteiger partial charge >= 0.3 is 6.03 Å². The summed E-state index contributed by atoms with van der Waals surface area (Å²) in [5, 5.41) is 5.64. The average Bonchev–Trinajstić information content (AvgIpc) is 2.86. The van der Waals surface area contributed by atoms with Crippen LogP contribution in [-0.2, 0) is 0 Å². The number of urea groups is 1. The van der Waals surface area contributed by atoms with Crippen molar-refractivity contribution >= 4 is 11.8 Å². The van der Waals surface area contributed by atoms with Crippen molar-refractivity contribution < 1.29 is 4.79 Å². The third-order valence-corrected chi connectivity index (χ3v) is 2.93. The third-order valence-electron chi connectivity index (χ3n) is 2.93. The van der Waals surface area contributed by atoms with E-state index in [4.69, 9.17) is 5.73 Å². The minimum atomic E-state index is -0.145. The lowest BCUT2D eigenvalue weighted by Gasteiger charge is -2.17. The van der Waals surface area contributed by atoms with Crippen LogP contribution in [0.2, 0.25) is 0 Å². The Hall–Kier alpha value is -1.82. The Kier molecular flexibility index (Phi) is 4.35. The summed E-state index contributed by atoms with van der Waals surface area (Å²) >= 11 is 0. The number of carbonyl (C=O) groups excluding carboxylic acids is 1. The van der Waals surface area contributed by atoms with Gasteiger partial charge in [-0.05, 0) is 18.6 Å². The van der Waals surface area contributed by atoms with Crippen molar-refractivity contribution in [1.82, 2.24) is 15.6 Å². The Morgan fingerprint density at radius 2 is 2.44 bits per heavy atom. The van der Waals surface area contributed by atoms with E-state index in [9.17, 15) is 4.79 Å². The molecule has 6 nitrogen and oxygen atoms in total. The van der Waals surface area contributed by atoms with E-state index in [1.807, 2.05) is 18.2 Å². The summed E-state index contributed by atoms with van der Waals surface area (Å²) in [7, 11) is 0. The van der Waals surface area contributed by atoms with Crippen molar-refractivity contribution in [3.05, 3.63) is 24.4 Å². The molecule has 1 aliphatic heterocycles. The molecule has 0 radical (unpaired) electrons. The molecule has 1 atom stereocenters. The van der Waals surface area contributed by atoms with Crippen molar-refractivity contribution in [3.63, 3.8) is 0 Å². The number of anilines is 1. The average molecular weight is 249 g/mol. The van der Waals surface area contributed by atoms with Gasteiger partial charge < -0.3 is 21.3 Å². The minimum absolute atomic E-state index is 0.145. The molecule has 0 saturated carbocycles. The highest BCUT2D eigenvalue weighted by Gasteiger charge is 2.24. The number of aromatic nitrogens is 1. The lowest BCUT2D eigenvalue weighted by atomic mass is 10.3. The highest BCUT2D eigenvalue weighted by molar-refractivity contribution is 5.74. The molecule has 18 heavy (non-hydrogen) atoms. The van der Waals surface area contributed by atoms with Crippen molar-refractivity contribution in [3.8, 4) is 0 Å². The molecule has 0 bridgehead atoms. The third kappa shape index (κ3) is 3.33. The fraction of sp³-hybridized carbons (Fsp3) is 0.500. The van der Waals surface area contributed by atoms with Crippen LogP contribution in [0, 0.1) is 0 Å². The maximum absolute atomic E-state index is 11.5. The van der Waals surface area contributed by atoms with Gasteiger partial charge in [0.05, 0.1) is 0 Å². The van der Waals surface area contributed by atoms with Gasteiger partial charge in [0.1, 0.15) is 5.82 Å². The maximum atomic E-state index is 11.5. The molecule has 0 unspecified atom stereocenters. The summed E-state index contributed by atoms with van der Waals surface area (Å²) in [4.78, 5) is 18.0. The second kappa shape index (κ2) is 6.20. The van der Waals surface area contributed by atoms with E-state index >= 15 is 0 Å². The number of amides is 2. The number of rotatable bonds is 4. The summed E-state index contributed by atoms with van der Waals surface area (Å²) in [5.74, 6) is 0.962. The fourth-order valence-corrected chi connectivity index (χ4v) is 2.05. The lowest BCUT2D eigenvalue weighted by Crippen LogP contribution is -2.44. The predicted octanol–water partition coefficient (Wildman–Crippen LogP) is -0.0818. The van der Waals surface area contributed by atoms with Crippen LogP contribution >= 0.6 is 0 Å². The number of pyridine rings is 1. The number of nitrogens with two attached hydrogens (primary N) is 1. The Bertz CT molecular complexity index is 383. The molecule has 98 valence electrons. The molecule has 1 aliphatic rings. The molecule has 2 heterocycles. The first-order valence-electron chi connectivity index (χ1n) is 6.20. The molecule has 1 aromatic rings. The Labute approximate surface area is 107 Å². The van der Waals surface area contributed by atoms with Crippen LogP contribution < -0.4 is 21.3 Å². The van der Waals surface area contributed by atoms with Crippen LogP contribution in [0.1, 0.15) is 6.42 Å². The summed E-state index contributed by atoms with van der Waals surface area (Å²) in [6, 6.07) is 5.88.